The Balaban J connectivity index is 1.09. The molecule has 1 unspecified atom stereocenters. The third-order valence-corrected chi connectivity index (χ3v) is 10.2. The Morgan fingerprint density at radius 1 is 0.932 bits per heavy atom. The molecule has 2 fully saturated rings. The molecule has 0 spiro atoms. The summed E-state index contributed by atoms with van der Waals surface area (Å²) < 4.78 is 7.87. The highest BCUT2D eigenvalue weighted by molar-refractivity contribution is 6.42. The molecule has 3 aromatic carbocycles. The van der Waals surface area contributed by atoms with Crippen LogP contribution in [-0.4, -0.2) is 46.9 Å². The van der Waals surface area contributed by atoms with E-state index in [2.05, 4.69) is 14.8 Å². The molecule has 1 N–H and O–H groups in total. The number of nitrogens with zero attached hydrogens (tertiary/aromatic N) is 2. The van der Waals surface area contributed by atoms with E-state index in [0.717, 1.165) is 54.6 Å². The van der Waals surface area contributed by atoms with Crippen molar-refractivity contribution in [2.24, 2.45) is 5.92 Å². The fourth-order valence-electron chi connectivity index (χ4n) is 7.16. The van der Waals surface area contributed by atoms with E-state index in [4.69, 9.17) is 39.5 Å². The van der Waals surface area contributed by atoms with Crippen molar-refractivity contribution in [3.63, 3.8) is 0 Å². The summed E-state index contributed by atoms with van der Waals surface area (Å²) in [5, 5.41) is 5.44. The summed E-state index contributed by atoms with van der Waals surface area (Å²) >= 11 is 18.3. The molecule has 6 rings (SSSR count). The third-order valence-electron chi connectivity index (χ3n) is 9.18. The molecule has 230 valence electrons. The Labute approximate surface area is 273 Å². The maximum Gasteiger partial charge on any atom is 0.253 e. The number of nitrogens with one attached hydrogen (secondary N) is 1. The van der Waals surface area contributed by atoms with Crippen LogP contribution in [0.1, 0.15) is 64.8 Å². The number of fused-ring (bicyclic) bond motifs is 3. The second-order valence-corrected chi connectivity index (χ2v) is 13.2. The smallest absolute Gasteiger partial charge is 0.253 e. The molecule has 4 aromatic rings. The van der Waals surface area contributed by atoms with Crippen LogP contribution in [0.15, 0.2) is 66.9 Å². The van der Waals surface area contributed by atoms with Gasteiger partial charge < -0.3 is 14.6 Å². The lowest BCUT2D eigenvalue weighted by Gasteiger charge is -2.39. The number of rotatable bonds is 11. The summed E-state index contributed by atoms with van der Waals surface area (Å²) in [7, 11) is 1.66. The molecule has 44 heavy (non-hydrogen) atoms. The number of hydrogen-bond donors (Lipinski definition) is 1. The van der Waals surface area contributed by atoms with Gasteiger partial charge in [-0.1, -0.05) is 65.1 Å². The first kappa shape index (κ1) is 31.0. The van der Waals surface area contributed by atoms with E-state index < -0.39 is 0 Å². The molecule has 0 aliphatic carbocycles. The molecule has 1 aromatic heterocycles. The molecule has 3 atom stereocenters. The molecule has 3 heterocycles. The van der Waals surface area contributed by atoms with E-state index in [1.54, 1.807) is 31.4 Å². The van der Waals surface area contributed by atoms with Gasteiger partial charge in [0.2, 0.25) is 0 Å². The summed E-state index contributed by atoms with van der Waals surface area (Å²) in [6.45, 7) is 2.09. The normalized spacial score (nSPS) is 19.8. The van der Waals surface area contributed by atoms with Gasteiger partial charge in [-0.15, -0.1) is 0 Å². The van der Waals surface area contributed by atoms with Gasteiger partial charge in [-0.2, -0.15) is 0 Å². The van der Waals surface area contributed by atoms with E-state index in [-0.39, 0.29) is 11.7 Å². The number of halogens is 3. The lowest BCUT2D eigenvalue weighted by atomic mass is 9.85. The van der Waals surface area contributed by atoms with Crippen LogP contribution in [0.2, 0.25) is 15.1 Å². The van der Waals surface area contributed by atoms with Crippen molar-refractivity contribution in [2.75, 3.05) is 13.7 Å². The number of aryl methyl sites for hydroxylation is 1. The molecular weight excluding hydrogens is 617 g/mol. The fourth-order valence-corrected chi connectivity index (χ4v) is 7.67. The number of carbonyl (C=O) groups is 2. The van der Waals surface area contributed by atoms with Gasteiger partial charge in [-0.25, -0.2) is 0 Å². The van der Waals surface area contributed by atoms with Gasteiger partial charge in [0.1, 0.15) is 5.75 Å². The van der Waals surface area contributed by atoms with Gasteiger partial charge >= 0.3 is 0 Å². The number of Topliss-reactive ketones (excluding diaryl/α,β-unsaturated/α-hetero) is 1. The van der Waals surface area contributed by atoms with Gasteiger partial charge in [0.15, 0.2) is 5.78 Å². The first-order valence-electron chi connectivity index (χ1n) is 15.2. The average Bonchev–Trinajstić information content (AvgIpc) is 3.50. The standard InChI is InChI=1S/C35H36Cl3N3O3/c1-44-33-8-3-7-28-29(35(43)39-20-22-9-12-30(37)31(38)17-22)21-40(34(28)33)13-4-14-41-26-10-11-27(41)16-23(15-26)18-32(42)24-5-2-6-25(36)19-24/h2-3,5-9,12,17,19,21,23,26-27H,4,10-11,13-16,18,20H2,1H3,(H,39,43)/t23?,26-,27+. The van der Waals surface area contributed by atoms with E-state index in [1.807, 2.05) is 42.6 Å². The third kappa shape index (κ3) is 6.64. The van der Waals surface area contributed by atoms with E-state index in [0.29, 0.717) is 57.2 Å². The van der Waals surface area contributed by atoms with Crippen LogP contribution in [0.3, 0.4) is 0 Å². The maximum atomic E-state index is 13.4. The molecule has 2 aliphatic heterocycles. The zero-order valence-corrected chi connectivity index (χ0v) is 27.0. The lowest BCUT2D eigenvalue weighted by Crippen LogP contribution is -2.43. The molecule has 0 saturated carbocycles. The Bertz CT molecular complexity index is 1670. The van der Waals surface area contributed by atoms with Crippen molar-refractivity contribution in [2.45, 2.75) is 63.7 Å². The van der Waals surface area contributed by atoms with Crippen LogP contribution < -0.4 is 10.1 Å². The zero-order valence-electron chi connectivity index (χ0n) is 24.7. The molecule has 9 heteroatoms. The number of piperidine rings is 1. The highest BCUT2D eigenvalue weighted by Crippen LogP contribution is 2.40. The number of ketones is 1. The first-order valence-corrected chi connectivity index (χ1v) is 16.4. The van der Waals surface area contributed by atoms with Crippen molar-refractivity contribution in [1.82, 2.24) is 14.8 Å². The summed E-state index contributed by atoms with van der Waals surface area (Å²) in [5.41, 5.74) is 3.13. The van der Waals surface area contributed by atoms with Gasteiger partial charge in [0.05, 0.1) is 28.2 Å². The Kier molecular flexibility index (Phi) is 9.53. The Hall–Kier alpha value is -3.03. The Morgan fingerprint density at radius 3 is 2.43 bits per heavy atom. The number of aromatic nitrogens is 1. The average molecular weight is 653 g/mol. The topological polar surface area (TPSA) is 63.6 Å². The molecular formula is C35H36Cl3N3O3. The second-order valence-electron chi connectivity index (χ2n) is 12.0. The number of benzene rings is 3. The van der Waals surface area contributed by atoms with Crippen molar-refractivity contribution >= 4 is 57.4 Å². The minimum Gasteiger partial charge on any atom is -0.495 e. The predicted molar refractivity (Wildman–Crippen MR) is 177 cm³/mol. The van der Waals surface area contributed by atoms with E-state index in [9.17, 15) is 9.59 Å². The second kappa shape index (κ2) is 13.5. The highest BCUT2D eigenvalue weighted by atomic mass is 35.5. The minimum atomic E-state index is -0.152. The quantitative estimate of drug-likeness (QED) is 0.165. The first-order chi connectivity index (χ1) is 21.3. The number of para-hydroxylation sites is 1. The predicted octanol–water partition coefficient (Wildman–Crippen LogP) is 8.45. The SMILES string of the molecule is COc1cccc2c(C(=O)NCc3ccc(Cl)c(Cl)c3)cn(CCCN3[C@@H]4CC[C@H]3CC(CC(=O)c3cccc(Cl)c3)C4)c12. The van der Waals surface area contributed by atoms with Crippen molar-refractivity contribution in [3.8, 4) is 5.75 Å². The largest absolute Gasteiger partial charge is 0.495 e. The monoisotopic (exact) mass is 651 g/mol. The van der Waals surface area contributed by atoms with E-state index in [1.165, 1.54) is 12.8 Å². The van der Waals surface area contributed by atoms with Crippen LogP contribution >= 0.6 is 34.8 Å². The van der Waals surface area contributed by atoms with Gasteiger partial charge in [-0.3, -0.25) is 14.5 Å². The van der Waals surface area contributed by atoms with Crippen LogP contribution in [0, 0.1) is 5.92 Å². The van der Waals surface area contributed by atoms with Crippen molar-refractivity contribution in [1.29, 1.82) is 0 Å². The summed E-state index contributed by atoms with van der Waals surface area (Å²) in [5.74, 6) is 1.20. The van der Waals surface area contributed by atoms with Crippen LogP contribution in [0.4, 0.5) is 0 Å². The van der Waals surface area contributed by atoms with E-state index >= 15 is 0 Å². The highest BCUT2D eigenvalue weighted by Gasteiger charge is 2.40. The Morgan fingerprint density at radius 2 is 1.70 bits per heavy atom. The molecule has 1 amide bonds. The van der Waals surface area contributed by atoms with Crippen molar-refractivity contribution in [3.05, 3.63) is 98.6 Å². The van der Waals surface area contributed by atoms with Crippen LogP contribution in [0.25, 0.3) is 10.9 Å². The molecule has 2 bridgehead atoms. The number of methoxy groups -OCH3 is 1. The van der Waals surface area contributed by atoms with Gasteiger partial charge in [0, 0.05) is 60.3 Å². The molecule has 2 aliphatic rings. The van der Waals surface area contributed by atoms with Crippen LogP contribution in [0.5, 0.6) is 5.75 Å². The summed E-state index contributed by atoms with van der Waals surface area (Å²) in [6.07, 6.45) is 7.99. The van der Waals surface area contributed by atoms with Crippen molar-refractivity contribution < 1.29 is 14.3 Å². The minimum absolute atomic E-state index is 0.152. The van der Waals surface area contributed by atoms with Crippen LogP contribution in [-0.2, 0) is 13.1 Å². The zero-order chi connectivity index (χ0) is 30.8. The summed E-state index contributed by atoms with van der Waals surface area (Å²) in [4.78, 5) is 29.0. The maximum absolute atomic E-state index is 13.4. The van der Waals surface area contributed by atoms with Gasteiger partial charge in [0.25, 0.3) is 5.91 Å². The van der Waals surface area contributed by atoms with Gasteiger partial charge in [-0.05, 0) is 73.9 Å². The number of amides is 1. The molecule has 2 saturated heterocycles. The lowest BCUT2D eigenvalue weighted by molar-refractivity contribution is 0.0807. The fraction of sp³-hybridized carbons (Fsp3) is 0.371. The summed E-state index contributed by atoms with van der Waals surface area (Å²) in [6, 6.07) is 19.5. The molecule has 0 radical (unpaired) electrons. The molecule has 6 nitrogen and oxygen atoms in total. The number of carbonyl (C=O) groups excluding carboxylic acids is 2. The number of hydrogen-bond acceptors (Lipinski definition) is 4. The number of ether oxygens (including phenoxy) is 1.